The van der Waals surface area contributed by atoms with E-state index in [1.165, 1.54) is 11.8 Å². The molecule has 134 valence electrons. The van der Waals surface area contributed by atoms with Gasteiger partial charge in [0.2, 0.25) is 5.88 Å². The second-order valence-corrected chi connectivity index (χ2v) is 7.32. The summed E-state index contributed by atoms with van der Waals surface area (Å²) in [6.07, 6.45) is 1.63. The van der Waals surface area contributed by atoms with Gasteiger partial charge in [0.1, 0.15) is 10.6 Å². The van der Waals surface area contributed by atoms with Gasteiger partial charge in [0.05, 0.1) is 23.9 Å². The van der Waals surface area contributed by atoms with Gasteiger partial charge >= 0.3 is 0 Å². The molecule has 1 saturated heterocycles. The standard InChI is InChI=1S/C19H20N4O2S/c1-25-18-14(5-4-8-20-18)19(24)23-11-9-22(10-12-23)13-17-21-15-6-2-3-7-16(15)26-17/h2-8H,9-13H2,1H3. The quantitative estimate of drug-likeness (QED) is 0.709. The molecular weight excluding hydrogens is 348 g/mol. The van der Waals surface area contributed by atoms with Crippen molar-refractivity contribution in [1.82, 2.24) is 19.8 Å². The summed E-state index contributed by atoms with van der Waals surface area (Å²) in [4.78, 5) is 25.8. The number of piperazine rings is 1. The molecule has 0 aliphatic carbocycles. The van der Waals surface area contributed by atoms with Crippen molar-refractivity contribution in [2.24, 2.45) is 0 Å². The van der Waals surface area contributed by atoms with Gasteiger partial charge < -0.3 is 9.64 Å². The minimum absolute atomic E-state index is 0.0189. The Labute approximate surface area is 156 Å². The molecule has 4 rings (SSSR count). The zero-order valence-corrected chi connectivity index (χ0v) is 15.4. The summed E-state index contributed by atoms with van der Waals surface area (Å²) < 4.78 is 6.43. The number of ether oxygens (including phenoxy) is 1. The molecule has 0 bridgehead atoms. The molecule has 0 radical (unpaired) electrons. The summed E-state index contributed by atoms with van der Waals surface area (Å²) in [7, 11) is 1.54. The highest BCUT2D eigenvalue weighted by molar-refractivity contribution is 7.18. The molecule has 3 aromatic rings. The summed E-state index contributed by atoms with van der Waals surface area (Å²) in [6, 6.07) is 11.7. The van der Waals surface area contributed by atoms with Crippen LogP contribution >= 0.6 is 11.3 Å². The van der Waals surface area contributed by atoms with Gasteiger partial charge in [0, 0.05) is 32.4 Å². The topological polar surface area (TPSA) is 58.6 Å². The van der Waals surface area contributed by atoms with Crippen LogP contribution in [0.25, 0.3) is 10.2 Å². The molecule has 1 amide bonds. The Morgan fingerprint density at radius 1 is 1.15 bits per heavy atom. The SMILES string of the molecule is COc1ncccc1C(=O)N1CCN(Cc2nc3ccccc3s2)CC1. The molecule has 1 aliphatic rings. The number of nitrogens with zero attached hydrogens (tertiary/aromatic N) is 4. The number of carbonyl (C=O) groups excluding carboxylic acids is 1. The lowest BCUT2D eigenvalue weighted by Gasteiger charge is -2.34. The molecule has 0 N–H and O–H groups in total. The van der Waals surface area contributed by atoms with Crippen molar-refractivity contribution in [3.05, 3.63) is 53.2 Å². The zero-order valence-electron chi connectivity index (χ0n) is 14.6. The van der Waals surface area contributed by atoms with Crippen LogP contribution in [0.4, 0.5) is 0 Å². The van der Waals surface area contributed by atoms with Crippen LogP contribution in [0.3, 0.4) is 0 Å². The minimum atomic E-state index is -0.0189. The van der Waals surface area contributed by atoms with E-state index in [4.69, 9.17) is 9.72 Å². The molecule has 0 spiro atoms. The predicted molar refractivity (Wildman–Crippen MR) is 102 cm³/mol. The van der Waals surface area contributed by atoms with Crippen LogP contribution < -0.4 is 4.74 Å². The first-order valence-electron chi connectivity index (χ1n) is 8.59. The third-order valence-electron chi connectivity index (χ3n) is 4.55. The number of thiazole rings is 1. The van der Waals surface area contributed by atoms with E-state index < -0.39 is 0 Å². The molecule has 0 saturated carbocycles. The molecule has 3 heterocycles. The maximum absolute atomic E-state index is 12.7. The number of benzene rings is 1. The van der Waals surface area contributed by atoms with E-state index in [1.54, 1.807) is 29.7 Å². The Morgan fingerprint density at radius 3 is 2.73 bits per heavy atom. The van der Waals surface area contributed by atoms with Crippen LogP contribution in [0.15, 0.2) is 42.6 Å². The van der Waals surface area contributed by atoms with Crippen LogP contribution in [0, 0.1) is 0 Å². The van der Waals surface area contributed by atoms with Gasteiger partial charge in [-0.05, 0) is 24.3 Å². The number of hydrogen-bond donors (Lipinski definition) is 0. The number of methoxy groups -OCH3 is 1. The van der Waals surface area contributed by atoms with Crippen LogP contribution in [0.5, 0.6) is 5.88 Å². The molecule has 7 heteroatoms. The molecule has 6 nitrogen and oxygen atoms in total. The van der Waals surface area contributed by atoms with Crippen LogP contribution in [0.1, 0.15) is 15.4 Å². The van der Waals surface area contributed by atoms with Gasteiger partial charge in [-0.25, -0.2) is 9.97 Å². The number of rotatable bonds is 4. The van der Waals surface area contributed by atoms with Gasteiger partial charge in [0.15, 0.2) is 0 Å². The Hall–Kier alpha value is -2.51. The third-order valence-corrected chi connectivity index (χ3v) is 5.57. The van der Waals surface area contributed by atoms with E-state index in [1.807, 2.05) is 23.1 Å². The number of fused-ring (bicyclic) bond motifs is 1. The zero-order chi connectivity index (χ0) is 17.9. The first kappa shape index (κ1) is 16.9. The molecule has 1 aromatic carbocycles. The Morgan fingerprint density at radius 2 is 1.96 bits per heavy atom. The average Bonchev–Trinajstić information content (AvgIpc) is 3.10. The first-order chi connectivity index (χ1) is 12.7. The second-order valence-electron chi connectivity index (χ2n) is 6.20. The predicted octanol–water partition coefficient (Wildman–Crippen LogP) is 2.66. The van der Waals surface area contributed by atoms with E-state index in [9.17, 15) is 4.79 Å². The fourth-order valence-corrected chi connectivity index (χ4v) is 4.18. The molecule has 0 unspecified atom stereocenters. The van der Waals surface area contributed by atoms with Crippen LogP contribution in [-0.4, -0.2) is 59.0 Å². The van der Waals surface area contributed by atoms with Crippen molar-refractivity contribution in [3.8, 4) is 5.88 Å². The van der Waals surface area contributed by atoms with Crippen LogP contribution in [0.2, 0.25) is 0 Å². The smallest absolute Gasteiger partial charge is 0.259 e. The van der Waals surface area contributed by atoms with Crippen molar-refractivity contribution in [2.75, 3.05) is 33.3 Å². The summed E-state index contributed by atoms with van der Waals surface area (Å²) in [5.74, 6) is 0.365. The van der Waals surface area contributed by atoms with E-state index >= 15 is 0 Å². The van der Waals surface area contributed by atoms with Crippen LogP contribution in [-0.2, 0) is 6.54 Å². The maximum Gasteiger partial charge on any atom is 0.259 e. The summed E-state index contributed by atoms with van der Waals surface area (Å²) in [5, 5.41) is 1.12. The fraction of sp³-hybridized carbons (Fsp3) is 0.316. The maximum atomic E-state index is 12.7. The second kappa shape index (κ2) is 7.39. The Kier molecular flexibility index (Phi) is 4.81. The molecule has 2 aromatic heterocycles. The van der Waals surface area contributed by atoms with Gasteiger partial charge in [-0.3, -0.25) is 9.69 Å². The van der Waals surface area contributed by atoms with E-state index in [2.05, 4.69) is 16.0 Å². The molecule has 0 atom stereocenters. The fourth-order valence-electron chi connectivity index (χ4n) is 3.17. The van der Waals surface area contributed by atoms with Crippen molar-refractivity contribution in [3.63, 3.8) is 0 Å². The third kappa shape index (κ3) is 3.40. The van der Waals surface area contributed by atoms with Crippen molar-refractivity contribution >= 4 is 27.5 Å². The van der Waals surface area contributed by atoms with Gasteiger partial charge in [-0.2, -0.15) is 0 Å². The monoisotopic (exact) mass is 368 g/mol. The van der Waals surface area contributed by atoms with E-state index in [0.717, 1.165) is 30.2 Å². The summed E-state index contributed by atoms with van der Waals surface area (Å²) in [5.41, 5.74) is 1.58. The highest BCUT2D eigenvalue weighted by Gasteiger charge is 2.25. The highest BCUT2D eigenvalue weighted by atomic mass is 32.1. The lowest BCUT2D eigenvalue weighted by Crippen LogP contribution is -2.48. The van der Waals surface area contributed by atoms with E-state index in [0.29, 0.717) is 24.5 Å². The van der Waals surface area contributed by atoms with Gasteiger partial charge in [-0.15, -0.1) is 11.3 Å². The number of carbonyl (C=O) groups is 1. The molecule has 1 aliphatic heterocycles. The number of hydrogen-bond acceptors (Lipinski definition) is 6. The summed E-state index contributed by atoms with van der Waals surface area (Å²) >= 11 is 1.74. The van der Waals surface area contributed by atoms with Crippen molar-refractivity contribution in [1.29, 1.82) is 0 Å². The van der Waals surface area contributed by atoms with Gasteiger partial charge in [-0.1, -0.05) is 12.1 Å². The summed E-state index contributed by atoms with van der Waals surface area (Å²) in [6.45, 7) is 3.90. The number of pyridine rings is 1. The molecular formula is C19H20N4O2S. The normalized spacial score (nSPS) is 15.3. The first-order valence-corrected chi connectivity index (χ1v) is 9.41. The molecule has 26 heavy (non-hydrogen) atoms. The minimum Gasteiger partial charge on any atom is -0.480 e. The number of para-hydroxylation sites is 1. The Balaban J connectivity index is 1.38. The number of amides is 1. The lowest BCUT2D eigenvalue weighted by atomic mass is 10.2. The van der Waals surface area contributed by atoms with Crippen molar-refractivity contribution in [2.45, 2.75) is 6.54 Å². The van der Waals surface area contributed by atoms with E-state index in [-0.39, 0.29) is 5.91 Å². The van der Waals surface area contributed by atoms with Crippen molar-refractivity contribution < 1.29 is 9.53 Å². The Bertz CT molecular complexity index is 886. The lowest BCUT2D eigenvalue weighted by molar-refractivity contribution is 0.0624. The molecule has 1 fully saturated rings. The average molecular weight is 368 g/mol. The largest absolute Gasteiger partial charge is 0.480 e. The van der Waals surface area contributed by atoms with Gasteiger partial charge in [0.25, 0.3) is 5.91 Å². The highest BCUT2D eigenvalue weighted by Crippen LogP contribution is 2.23. The number of aromatic nitrogens is 2.